The average Bonchev–Trinajstić information content (AvgIpc) is 2.31. The Morgan fingerprint density at radius 1 is 1.50 bits per heavy atom. The molecule has 1 aromatic carbocycles. The number of carbonyl (C=O) groups excluding carboxylic acids is 1. The maximum atomic E-state index is 11.7. The molecule has 1 atom stereocenters. The van der Waals surface area contributed by atoms with Crippen LogP contribution in [0.2, 0.25) is 0 Å². The average molecular weight is 315 g/mol. The second-order valence-corrected chi connectivity index (χ2v) is 5.29. The fourth-order valence-corrected chi connectivity index (χ4v) is 2.07. The van der Waals surface area contributed by atoms with Crippen molar-refractivity contribution < 1.29 is 9.90 Å². The molecule has 3 N–H and O–H groups in total. The van der Waals surface area contributed by atoms with Gasteiger partial charge in [-0.1, -0.05) is 13.0 Å². The molecule has 5 heteroatoms. The molecule has 0 heterocycles. The third-order valence-electron chi connectivity index (χ3n) is 2.61. The van der Waals surface area contributed by atoms with Gasteiger partial charge in [-0.05, 0) is 52.9 Å². The molecule has 0 saturated heterocycles. The lowest BCUT2D eigenvalue weighted by Gasteiger charge is -2.13. The third kappa shape index (κ3) is 5.06. The number of carbonyl (C=O) groups is 1. The van der Waals surface area contributed by atoms with E-state index in [-0.39, 0.29) is 18.6 Å². The molecule has 1 rings (SSSR count). The van der Waals surface area contributed by atoms with E-state index in [0.717, 1.165) is 15.7 Å². The lowest BCUT2D eigenvalue weighted by atomic mass is 10.1. The van der Waals surface area contributed by atoms with Gasteiger partial charge < -0.3 is 15.7 Å². The normalized spacial score (nSPS) is 12.0. The van der Waals surface area contributed by atoms with Crippen LogP contribution in [0.25, 0.3) is 0 Å². The Morgan fingerprint density at radius 3 is 2.83 bits per heavy atom. The van der Waals surface area contributed by atoms with Gasteiger partial charge in [0.15, 0.2) is 0 Å². The lowest BCUT2D eigenvalue weighted by Crippen LogP contribution is -2.32. The monoisotopic (exact) mass is 314 g/mol. The van der Waals surface area contributed by atoms with Crippen molar-refractivity contribution in [3.8, 4) is 0 Å². The highest BCUT2D eigenvalue weighted by atomic mass is 79.9. The van der Waals surface area contributed by atoms with Crippen LogP contribution in [0, 0.1) is 12.8 Å². The van der Waals surface area contributed by atoms with Gasteiger partial charge in [-0.25, -0.2) is 4.79 Å². The first-order chi connectivity index (χ1) is 8.52. The van der Waals surface area contributed by atoms with Gasteiger partial charge >= 0.3 is 6.03 Å². The van der Waals surface area contributed by atoms with E-state index in [4.69, 9.17) is 5.11 Å². The van der Waals surface area contributed by atoms with E-state index in [0.29, 0.717) is 13.0 Å². The van der Waals surface area contributed by atoms with E-state index in [2.05, 4.69) is 26.6 Å². The molecule has 0 aromatic heterocycles. The number of benzene rings is 1. The number of halogens is 1. The molecule has 0 bridgehead atoms. The number of urea groups is 1. The van der Waals surface area contributed by atoms with Crippen LogP contribution >= 0.6 is 15.9 Å². The predicted octanol–water partition coefficient (Wildman–Crippen LogP) is 2.90. The van der Waals surface area contributed by atoms with Crippen LogP contribution in [-0.2, 0) is 0 Å². The highest BCUT2D eigenvalue weighted by molar-refractivity contribution is 9.10. The number of aliphatic hydroxyl groups excluding tert-OH is 1. The third-order valence-corrected chi connectivity index (χ3v) is 3.26. The molecule has 0 fully saturated rings. The minimum atomic E-state index is -0.232. The molecule has 100 valence electrons. The number of nitrogens with one attached hydrogen (secondary N) is 2. The summed E-state index contributed by atoms with van der Waals surface area (Å²) in [6, 6.07) is 5.51. The van der Waals surface area contributed by atoms with Gasteiger partial charge in [0.05, 0.1) is 5.69 Å². The smallest absolute Gasteiger partial charge is 0.319 e. The second kappa shape index (κ2) is 7.38. The molecule has 0 aliphatic rings. The van der Waals surface area contributed by atoms with E-state index < -0.39 is 0 Å². The number of aliphatic hydroxyl groups is 1. The first kappa shape index (κ1) is 15.0. The van der Waals surface area contributed by atoms with E-state index in [1.807, 2.05) is 32.0 Å². The van der Waals surface area contributed by atoms with Gasteiger partial charge in [0.1, 0.15) is 0 Å². The van der Waals surface area contributed by atoms with E-state index in [9.17, 15) is 4.79 Å². The van der Waals surface area contributed by atoms with Gasteiger partial charge in [-0.2, -0.15) is 0 Å². The van der Waals surface area contributed by atoms with Crippen molar-refractivity contribution in [1.29, 1.82) is 0 Å². The number of hydrogen-bond donors (Lipinski definition) is 3. The summed E-state index contributed by atoms with van der Waals surface area (Å²) in [5.41, 5.74) is 1.87. The topological polar surface area (TPSA) is 61.4 Å². The number of rotatable bonds is 5. The summed E-state index contributed by atoms with van der Waals surface area (Å²) in [7, 11) is 0. The standard InChI is InChI=1S/C13H19BrN2O2/c1-9-3-4-12(11(14)7-9)16-13(18)15-8-10(2)5-6-17/h3-4,7,10,17H,5-6,8H2,1-2H3,(H2,15,16,18). The van der Waals surface area contributed by atoms with Gasteiger partial charge in [-0.3, -0.25) is 0 Å². The van der Waals surface area contributed by atoms with Crippen molar-refractivity contribution in [3.05, 3.63) is 28.2 Å². The number of anilines is 1. The Hall–Kier alpha value is -1.07. The Morgan fingerprint density at radius 2 is 2.22 bits per heavy atom. The molecule has 0 aliphatic carbocycles. The van der Waals surface area contributed by atoms with Crippen molar-refractivity contribution in [1.82, 2.24) is 5.32 Å². The van der Waals surface area contributed by atoms with Crippen LogP contribution in [0.5, 0.6) is 0 Å². The minimum Gasteiger partial charge on any atom is -0.396 e. The molecule has 18 heavy (non-hydrogen) atoms. The summed E-state index contributed by atoms with van der Waals surface area (Å²) >= 11 is 3.40. The van der Waals surface area contributed by atoms with Gasteiger partial charge in [-0.15, -0.1) is 0 Å². The van der Waals surface area contributed by atoms with Crippen molar-refractivity contribution in [2.24, 2.45) is 5.92 Å². The maximum absolute atomic E-state index is 11.7. The van der Waals surface area contributed by atoms with E-state index in [1.165, 1.54) is 0 Å². The molecule has 0 saturated carbocycles. The summed E-state index contributed by atoms with van der Waals surface area (Å²) in [4.78, 5) is 11.7. The van der Waals surface area contributed by atoms with Crippen LogP contribution in [-0.4, -0.2) is 24.3 Å². The SMILES string of the molecule is Cc1ccc(NC(=O)NCC(C)CCO)c(Br)c1. The zero-order chi connectivity index (χ0) is 13.5. The Balaban J connectivity index is 2.44. The summed E-state index contributed by atoms with van der Waals surface area (Å²) < 4.78 is 0.862. The number of aryl methyl sites for hydroxylation is 1. The van der Waals surface area contributed by atoms with E-state index in [1.54, 1.807) is 0 Å². The first-order valence-electron chi connectivity index (χ1n) is 5.94. The molecule has 4 nitrogen and oxygen atoms in total. The zero-order valence-electron chi connectivity index (χ0n) is 10.7. The Labute approximate surface area is 116 Å². The molecule has 2 amide bonds. The summed E-state index contributed by atoms with van der Waals surface area (Å²) in [5, 5.41) is 14.3. The largest absolute Gasteiger partial charge is 0.396 e. The number of hydrogen-bond acceptors (Lipinski definition) is 2. The van der Waals surface area contributed by atoms with Gasteiger partial charge in [0.25, 0.3) is 0 Å². The van der Waals surface area contributed by atoms with Crippen LogP contribution in [0.15, 0.2) is 22.7 Å². The molecule has 1 aromatic rings. The lowest BCUT2D eigenvalue weighted by molar-refractivity contribution is 0.243. The Kier molecular flexibility index (Phi) is 6.15. The molecule has 0 radical (unpaired) electrons. The highest BCUT2D eigenvalue weighted by Gasteiger charge is 2.07. The summed E-state index contributed by atoms with van der Waals surface area (Å²) in [5.74, 6) is 0.266. The number of amides is 2. The summed E-state index contributed by atoms with van der Waals surface area (Å²) in [6.45, 7) is 4.67. The van der Waals surface area contributed by atoms with Crippen LogP contribution in [0.1, 0.15) is 18.9 Å². The Bertz CT molecular complexity index is 410. The molecule has 0 spiro atoms. The molecular weight excluding hydrogens is 296 g/mol. The first-order valence-corrected chi connectivity index (χ1v) is 6.74. The maximum Gasteiger partial charge on any atom is 0.319 e. The molecule has 0 aliphatic heterocycles. The van der Waals surface area contributed by atoms with Gasteiger partial charge in [0.2, 0.25) is 0 Å². The highest BCUT2D eigenvalue weighted by Crippen LogP contribution is 2.23. The minimum absolute atomic E-state index is 0.147. The summed E-state index contributed by atoms with van der Waals surface area (Å²) in [6.07, 6.45) is 0.689. The fourth-order valence-electron chi connectivity index (χ4n) is 1.48. The van der Waals surface area contributed by atoms with Crippen molar-refractivity contribution in [2.75, 3.05) is 18.5 Å². The van der Waals surface area contributed by atoms with Crippen LogP contribution in [0.3, 0.4) is 0 Å². The van der Waals surface area contributed by atoms with Crippen LogP contribution < -0.4 is 10.6 Å². The second-order valence-electron chi connectivity index (χ2n) is 4.44. The van der Waals surface area contributed by atoms with Crippen molar-refractivity contribution in [2.45, 2.75) is 20.3 Å². The van der Waals surface area contributed by atoms with E-state index >= 15 is 0 Å². The van der Waals surface area contributed by atoms with Gasteiger partial charge in [0, 0.05) is 17.6 Å². The molecule has 1 unspecified atom stereocenters. The quantitative estimate of drug-likeness (QED) is 0.782. The zero-order valence-corrected chi connectivity index (χ0v) is 12.3. The van der Waals surface area contributed by atoms with Crippen molar-refractivity contribution >= 4 is 27.6 Å². The van der Waals surface area contributed by atoms with Crippen molar-refractivity contribution in [3.63, 3.8) is 0 Å². The predicted molar refractivity (Wildman–Crippen MR) is 76.8 cm³/mol. The fraction of sp³-hybridized carbons (Fsp3) is 0.462. The van der Waals surface area contributed by atoms with Crippen LogP contribution in [0.4, 0.5) is 10.5 Å². The molecular formula is C13H19BrN2O2.